The third kappa shape index (κ3) is 7.34. The summed E-state index contributed by atoms with van der Waals surface area (Å²) < 4.78 is 28.1. The number of carbonyl (C=O) groups excluding carboxylic acids is 1. The summed E-state index contributed by atoms with van der Waals surface area (Å²) in [7, 11) is -4.20. The molecule has 0 aliphatic heterocycles. The van der Waals surface area contributed by atoms with Crippen molar-refractivity contribution >= 4 is 15.8 Å². The molecule has 0 heterocycles. The molecule has 3 rings (SSSR count). The lowest BCUT2D eigenvalue weighted by Crippen LogP contribution is -2.43. The van der Waals surface area contributed by atoms with Crippen molar-refractivity contribution in [2.24, 2.45) is 11.8 Å². The largest absolute Gasteiger partial charge is 0.508 e. The van der Waals surface area contributed by atoms with E-state index in [1.807, 2.05) is 44.2 Å². The van der Waals surface area contributed by atoms with E-state index in [1.165, 1.54) is 6.07 Å². The number of Topliss-reactive ketones (excluding diaryl/α,β-unsaturated/α-hetero) is 1. The molecule has 0 saturated heterocycles. The molecule has 38 heavy (non-hydrogen) atoms. The third-order valence-corrected chi connectivity index (χ3v) is 8.22. The van der Waals surface area contributed by atoms with E-state index >= 15 is 0 Å². The average Bonchev–Trinajstić information content (AvgIpc) is 2.84. The van der Waals surface area contributed by atoms with Gasteiger partial charge < -0.3 is 20.4 Å². The van der Waals surface area contributed by atoms with Crippen molar-refractivity contribution < 1.29 is 33.6 Å². The molecule has 0 bridgehead atoms. The summed E-state index contributed by atoms with van der Waals surface area (Å²) in [5, 5.41) is 41.2. The van der Waals surface area contributed by atoms with E-state index in [9.17, 15) is 33.6 Å². The fourth-order valence-corrected chi connectivity index (χ4v) is 6.12. The van der Waals surface area contributed by atoms with Crippen LogP contribution in [0.4, 0.5) is 0 Å². The van der Waals surface area contributed by atoms with Crippen LogP contribution in [0.1, 0.15) is 41.8 Å². The smallest absolute Gasteiger partial charge is 0.243 e. The quantitative estimate of drug-likeness (QED) is 0.252. The van der Waals surface area contributed by atoms with Crippen LogP contribution >= 0.6 is 0 Å². The molecule has 0 spiro atoms. The topological polar surface area (TPSA) is 135 Å². The van der Waals surface area contributed by atoms with Gasteiger partial charge in [0, 0.05) is 48.8 Å². The molecule has 0 amide bonds. The van der Waals surface area contributed by atoms with Gasteiger partial charge in [0.25, 0.3) is 0 Å². The lowest BCUT2D eigenvalue weighted by Gasteiger charge is -2.30. The van der Waals surface area contributed by atoms with Crippen molar-refractivity contribution in [2.45, 2.75) is 44.6 Å². The first-order valence-electron chi connectivity index (χ1n) is 12.5. The van der Waals surface area contributed by atoms with Gasteiger partial charge in [-0.3, -0.25) is 4.79 Å². The fraction of sp³-hybridized carbons (Fsp3) is 0.345. The van der Waals surface area contributed by atoms with Gasteiger partial charge in [-0.15, -0.1) is 0 Å². The van der Waals surface area contributed by atoms with Crippen LogP contribution in [-0.4, -0.2) is 58.1 Å². The minimum atomic E-state index is -4.20. The Morgan fingerprint density at radius 2 is 1.53 bits per heavy atom. The Kier molecular flexibility index (Phi) is 9.54. The van der Waals surface area contributed by atoms with Crippen molar-refractivity contribution in [1.82, 2.24) is 4.31 Å². The normalized spacial score (nSPS) is 13.5. The number of aromatic hydroxyl groups is 3. The Labute approximate surface area is 223 Å². The maximum atomic E-state index is 13.5. The number of carbonyl (C=O) groups is 1. The molecular weight excluding hydrogens is 506 g/mol. The SMILES string of the molecule is Cc1c(O)cccc1C(=O)C[C@@H](Cc1ccccc1)[C@H](O)CN(CC(C)C)S(=O)(=O)c1cc(O)cc(O)c1. The molecule has 2 atom stereocenters. The summed E-state index contributed by atoms with van der Waals surface area (Å²) in [6, 6.07) is 17.1. The van der Waals surface area contributed by atoms with Crippen LogP contribution in [0.15, 0.2) is 71.6 Å². The van der Waals surface area contributed by atoms with Crippen LogP contribution in [0.5, 0.6) is 17.2 Å². The zero-order valence-electron chi connectivity index (χ0n) is 21.8. The summed E-state index contributed by atoms with van der Waals surface area (Å²) in [6.45, 7) is 5.11. The molecular formula is C29H35NO7S. The highest BCUT2D eigenvalue weighted by Crippen LogP contribution is 2.29. The maximum Gasteiger partial charge on any atom is 0.243 e. The van der Waals surface area contributed by atoms with E-state index in [0.29, 0.717) is 17.5 Å². The van der Waals surface area contributed by atoms with E-state index in [1.54, 1.807) is 19.1 Å². The molecule has 3 aromatic rings. The molecule has 0 aliphatic rings. The third-order valence-electron chi connectivity index (χ3n) is 6.41. The van der Waals surface area contributed by atoms with Crippen LogP contribution in [0.25, 0.3) is 0 Å². The number of rotatable bonds is 12. The number of nitrogens with zero attached hydrogens (tertiary/aromatic N) is 1. The second-order valence-electron chi connectivity index (χ2n) is 10.00. The van der Waals surface area contributed by atoms with Crippen LogP contribution < -0.4 is 0 Å². The number of phenols is 3. The van der Waals surface area contributed by atoms with Gasteiger partial charge in [0.2, 0.25) is 10.0 Å². The summed E-state index contributed by atoms with van der Waals surface area (Å²) in [5.41, 5.74) is 1.67. The summed E-state index contributed by atoms with van der Waals surface area (Å²) in [6.07, 6.45) is -0.951. The number of ketones is 1. The van der Waals surface area contributed by atoms with E-state index in [-0.39, 0.29) is 41.9 Å². The highest BCUT2D eigenvalue weighted by molar-refractivity contribution is 7.89. The molecule has 3 aromatic carbocycles. The standard InChI is InChI=1S/C29H35NO7S/c1-19(2)17-30(38(36,37)25-15-23(31)14-24(32)16-25)18-29(35)22(12-21-8-5-4-6-9-21)13-28(34)26-10-7-11-27(33)20(26)3/h4-11,14-16,19,22,29,31-33,35H,12-13,17-18H2,1-3H3/t22-,29-/m1/s1. The summed E-state index contributed by atoms with van der Waals surface area (Å²) >= 11 is 0. The molecule has 0 aromatic heterocycles. The number of sulfonamides is 1. The van der Waals surface area contributed by atoms with Crippen molar-refractivity contribution in [3.63, 3.8) is 0 Å². The maximum absolute atomic E-state index is 13.5. The molecule has 0 radical (unpaired) electrons. The molecule has 9 heteroatoms. The fourth-order valence-electron chi connectivity index (χ4n) is 4.44. The average molecular weight is 542 g/mol. The predicted molar refractivity (Wildman–Crippen MR) is 145 cm³/mol. The second kappa shape index (κ2) is 12.4. The van der Waals surface area contributed by atoms with Crippen LogP contribution in [-0.2, 0) is 16.4 Å². The van der Waals surface area contributed by atoms with E-state index < -0.39 is 33.5 Å². The molecule has 0 aliphatic carbocycles. The van der Waals surface area contributed by atoms with Crippen molar-refractivity contribution in [3.05, 3.63) is 83.4 Å². The minimum absolute atomic E-state index is 0.000392. The van der Waals surface area contributed by atoms with Gasteiger partial charge in [0.05, 0.1) is 11.0 Å². The van der Waals surface area contributed by atoms with Gasteiger partial charge in [-0.1, -0.05) is 56.3 Å². The zero-order chi connectivity index (χ0) is 28.0. The molecule has 0 unspecified atom stereocenters. The van der Waals surface area contributed by atoms with Crippen LogP contribution in [0, 0.1) is 18.8 Å². The molecule has 8 nitrogen and oxygen atoms in total. The predicted octanol–water partition coefficient (Wildman–Crippen LogP) is 4.25. The van der Waals surface area contributed by atoms with E-state index in [0.717, 1.165) is 28.1 Å². The highest BCUT2D eigenvalue weighted by atomic mass is 32.2. The van der Waals surface area contributed by atoms with E-state index in [2.05, 4.69) is 0 Å². The zero-order valence-corrected chi connectivity index (χ0v) is 22.6. The number of hydrogen-bond acceptors (Lipinski definition) is 7. The first-order chi connectivity index (χ1) is 17.9. The van der Waals surface area contributed by atoms with Gasteiger partial charge in [0.1, 0.15) is 17.2 Å². The number of benzene rings is 3. The van der Waals surface area contributed by atoms with Crippen LogP contribution in [0.2, 0.25) is 0 Å². The van der Waals surface area contributed by atoms with Gasteiger partial charge >= 0.3 is 0 Å². The minimum Gasteiger partial charge on any atom is -0.508 e. The monoisotopic (exact) mass is 541 g/mol. The van der Waals surface area contributed by atoms with Crippen LogP contribution in [0.3, 0.4) is 0 Å². The molecule has 0 saturated carbocycles. The Morgan fingerprint density at radius 3 is 2.13 bits per heavy atom. The van der Waals surface area contributed by atoms with Gasteiger partial charge in [-0.05, 0) is 36.8 Å². The lowest BCUT2D eigenvalue weighted by molar-refractivity contribution is 0.0689. The Bertz CT molecular complexity index is 1340. The summed E-state index contributed by atoms with van der Waals surface area (Å²) in [4.78, 5) is 13.0. The lowest BCUT2D eigenvalue weighted by atomic mass is 9.87. The number of aliphatic hydroxyl groups is 1. The molecule has 0 fully saturated rings. The molecule has 4 N–H and O–H groups in total. The Balaban J connectivity index is 1.93. The summed E-state index contributed by atoms with van der Waals surface area (Å²) in [5.74, 6) is -1.79. The van der Waals surface area contributed by atoms with Crippen molar-refractivity contribution in [1.29, 1.82) is 0 Å². The number of phenolic OH excluding ortho intramolecular Hbond substituents is 3. The first-order valence-corrected chi connectivity index (χ1v) is 13.9. The van der Waals surface area contributed by atoms with Gasteiger partial charge in [0.15, 0.2) is 5.78 Å². The molecule has 204 valence electrons. The Morgan fingerprint density at radius 1 is 0.895 bits per heavy atom. The van der Waals surface area contributed by atoms with E-state index in [4.69, 9.17) is 0 Å². The second-order valence-corrected chi connectivity index (χ2v) is 11.9. The highest BCUT2D eigenvalue weighted by Gasteiger charge is 2.32. The Hall–Kier alpha value is -3.40. The number of hydrogen-bond donors (Lipinski definition) is 4. The number of aliphatic hydroxyl groups excluding tert-OH is 1. The van der Waals surface area contributed by atoms with Gasteiger partial charge in [-0.2, -0.15) is 4.31 Å². The first kappa shape index (κ1) is 29.2. The van der Waals surface area contributed by atoms with Crippen molar-refractivity contribution in [2.75, 3.05) is 13.1 Å². The van der Waals surface area contributed by atoms with Crippen molar-refractivity contribution in [3.8, 4) is 17.2 Å². The van der Waals surface area contributed by atoms with Gasteiger partial charge in [-0.25, -0.2) is 8.42 Å².